The van der Waals surface area contributed by atoms with Crippen molar-refractivity contribution < 1.29 is 13.2 Å². The second-order valence-corrected chi connectivity index (χ2v) is 6.76. The summed E-state index contributed by atoms with van der Waals surface area (Å²) in [6.45, 7) is 0.0143. The molecule has 0 saturated carbocycles. The minimum absolute atomic E-state index is 0.0135. The summed E-state index contributed by atoms with van der Waals surface area (Å²) < 4.78 is 30.7. The second-order valence-electron chi connectivity index (χ2n) is 3.91. The fourth-order valence-corrected chi connectivity index (χ4v) is 3.25. The number of aryl methyl sites for hydroxylation is 1. The number of benzene rings is 1. The molecular formula is C10H10BrClN4O3S. The third-order valence-electron chi connectivity index (χ3n) is 2.43. The first-order valence-corrected chi connectivity index (χ1v) is 7.98. The fourth-order valence-electron chi connectivity index (χ4n) is 1.46. The molecule has 7 nitrogen and oxygen atoms in total. The molecule has 0 fully saturated rings. The molecule has 0 spiro atoms. The lowest BCUT2D eigenvalue weighted by molar-refractivity contribution is 0.284. The van der Waals surface area contributed by atoms with E-state index in [0.29, 0.717) is 10.3 Å². The van der Waals surface area contributed by atoms with Gasteiger partial charge in [0.05, 0.1) is 5.02 Å². The van der Waals surface area contributed by atoms with Gasteiger partial charge >= 0.3 is 0 Å². The summed E-state index contributed by atoms with van der Waals surface area (Å²) in [5.41, 5.74) is 0. The standard InChI is InChI=1S/C10H10BrClN4O3S/c1-16-5-14-15-9(16)4-19-10-7(12)2-6(11)3-8(10)20(13,17)18/h2-3,5H,4H2,1H3,(H2,13,17,18). The van der Waals surface area contributed by atoms with Crippen LogP contribution in [0.25, 0.3) is 0 Å². The summed E-state index contributed by atoms with van der Waals surface area (Å²) in [4.78, 5) is -0.195. The highest BCUT2D eigenvalue weighted by Crippen LogP contribution is 2.35. The molecule has 1 aromatic heterocycles. The minimum Gasteiger partial charge on any atom is -0.483 e. The Morgan fingerprint density at radius 2 is 2.20 bits per heavy atom. The molecule has 10 heteroatoms. The van der Waals surface area contributed by atoms with Crippen LogP contribution in [0, 0.1) is 0 Å². The van der Waals surface area contributed by atoms with E-state index in [2.05, 4.69) is 26.1 Å². The zero-order chi connectivity index (χ0) is 14.9. The zero-order valence-corrected chi connectivity index (χ0v) is 13.4. The summed E-state index contributed by atoms with van der Waals surface area (Å²) in [6.07, 6.45) is 1.50. The smallest absolute Gasteiger partial charge is 0.241 e. The Bertz CT molecular complexity index is 747. The van der Waals surface area contributed by atoms with Gasteiger partial charge in [0.1, 0.15) is 17.8 Å². The maximum atomic E-state index is 11.6. The van der Waals surface area contributed by atoms with Gasteiger partial charge in [-0.1, -0.05) is 27.5 Å². The molecule has 0 radical (unpaired) electrons. The molecule has 0 saturated heterocycles. The van der Waals surface area contributed by atoms with Crippen molar-refractivity contribution >= 4 is 37.6 Å². The first kappa shape index (κ1) is 15.2. The SMILES string of the molecule is Cn1cnnc1COc1c(Cl)cc(Br)cc1S(N)(=O)=O. The number of ether oxygens (including phenoxy) is 1. The van der Waals surface area contributed by atoms with Crippen LogP contribution in [0.2, 0.25) is 5.02 Å². The molecule has 0 aliphatic rings. The van der Waals surface area contributed by atoms with Crippen LogP contribution in [-0.4, -0.2) is 23.2 Å². The van der Waals surface area contributed by atoms with Crippen molar-refractivity contribution in [2.24, 2.45) is 12.2 Å². The number of nitrogens with zero attached hydrogens (tertiary/aromatic N) is 3. The molecule has 1 aromatic carbocycles. The Morgan fingerprint density at radius 3 is 2.75 bits per heavy atom. The van der Waals surface area contributed by atoms with E-state index in [0.717, 1.165) is 0 Å². The van der Waals surface area contributed by atoms with Gasteiger partial charge in [0, 0.05) is 11.5 Å². The third kappa shape index (κ3) is 3.29. The van der Waals surface area contributed by atoms with Crippen LogP contribution >= 0.6 is 27.5 Å². The van der Waals surface area contributed by atoms with E-state index in [1.807, 2.05) is 0 Å². The lowest BCUT2D eigenvalue weighted by Crippen LogP contribution is -2.15. The van der Waals surface area contributed by atoms with Crippen molar-refractivity contribution in [2.45, 2.75) is 11.5 Å². The van der Waals surface area contributed by atoms with Crippen molar-refractivity contribution in [2.75, 3.05) is 0 Å². The van der Waals surface area contributed by atoms with E-state index >= 15 is 0 Å². The van der Waals surface area contributed by atoms with E-state index in [1.165, 1.54) is 18.5 Å². The number of sulfonamides is 1. The summed E-state index contributed by atoms with van der Waals surface area (Å²) in [6, 6.07) is 2.84. The van der Waals surface area contributed by atoms with Crippen molar-refractivity contribution in [3.63, 3.8) is 0 Å². The zero-order valence-electron chi connectivity index (χ0n) is 10.2. The molecule has 0 aliphatic carbocycles. The lowest BCUT2D eigenvalue weighted by Gasteiger charge is -2.12. The Balaban J connectivity index is 2.38. The van der Waals surface area contributed by atoms with Crippen LogP contribution < -0.4 is 9.88 Å². The van der Waals surface area contributed by atoms with E-state index in [9.17, 15) is 8.42 Å². The maximum absolute atomic E-state index is 11.6. The highest BCUT2D eigenvalue weighted by molar-refractivity contribution is 9.10. The molecule has 2 N–H and O–H groups in total. The average molecular weight is 382 g/mol. The van der Waals surface area contributed by atoms with Gasteiger partial charge in [-0.15, -0.1) is 10.2 Å². The topological polar surface area (TPSA) is 100 Å². The summed E-state index contributed by atoms with van der Waals surface area (Å²) >= 11 is 9.16. The van der Waals surface area contributed by atoms with Crippen LogP contribution in [0.1, 0.15) is 5.82 Å². The normalized spacial score (nSPS) is 11.6. The molecule has 108 valence electrons. The molecule has 0 bridgehead atoms. The monoisotopic (exact) mass is 380 g/mol. The van der Waals surface area contributed by atoms with Crippen molar-refractivity contribution in [3.05, 3.63) is 33.8 Å². The van der Waals surface area contributed by atoms with Gasteiger partial charge in [-0.3, -0.25) is 0 Å². The number of hydrogen-bond donors (Lipinski definition) is 1. The van der Waals surface area contributed by atoms with E-state index in [1.54, 1.807) is 11.6 Å². The molecule has 1 heterocycles. The quantitative estimate of drug-likeness (QED) is 0.864. The first-order chi connectivity index (χ1) is 9.29. The molecular weight excluding hydrogens is 372 g/mol. The molecule has 2 rings (SSSR count). The number of primary sulfonamides is 1. The predicted molar refractivity (Wildman–Crippen MR) is 75.9 cm³/mol. The van der Waals surface area contributed by atoms with Gasteiger partial charge in [-0.2, -0.15) is 0 Å². The summed E-state index contributed by atoms with van der Waals surface area (Å²) in [5.74, 6) is 0.504. The van der Waals surface area contributed by atoms with Gasteiger partial charge in [-0.05, 0) is 12.1 Å². The maximum Gasteiger partial charge on any atom is 0.241 e. The Morgan fingerprint density at radius 1 is 1.50 bits per heavy atom. The van der Waals surface area contributed by atoms with Gasteiger partial charge < -0.3 is 9.30 Å². The number of halogens is 2. The molecule has 0 amide bonds. The third-order valence-corrected chi connectivity index (χ3v) is 4.09. The molecule has 0 aliphatic heterocycles. The molecule has 2 aromatic rings. The van der Waals surface area contributed by atoms with Crippen molar-refractivity contribution in [1.82, 2.24) is 14.8 Å². The fraction of sp³-hybridized carbons (Fsp3) is 0.200. The van der Waals surface area contributed by atoms with Crippen LogP contribution in [0.4, 0.5) is 0 Å². The molecule has 0 atom stereocenters. The molecule has 0 unspecified atom stereocenters. The number of hydrogen-bond acceptors (Lipinski definition) is 5. The van der Waals surface area contributed by atoms with Crippen LogP contribution in [-0.2, 0) is 23.7 Å². The summed E-state index contributed by atoms with van der Waals surface area (Å²) in [5, 5.41) is 12.8. The van der Waals surface area contributed by atoms with Crippen LogP contribution in [0.15, 0.2) is 27.8 Å². The number of aromatic nitrogens is 3. The summed E-state index contributed by atoms with van der Waals surface area (Å²) in [7, 11) is -2.22. The number of rotatable bonds is 4. The average Bonchev–Trinajstić information content (AvgIpc) is 2.72. The Labute approximate surface area is 128 Å². The van der Waals surface area contributed by atoms with Gasteiger partial charge in [0.25, 0.3) is 0 Å². The highest BCUT2D eigenvalue weighted by atomic mass is 79.9. The predicted octanol–water partition coefficient (Wildman–Crippen LogP) is 1.46. The van der Waals surface area contributed by atoms with Gasteiger partial charge in [0.2, 0.25) is 10.0 Å². The minimum atomic E-state index is -3.96. The van der Waals surface area contributed by atoms with Crippen molar-refractivity contribution in [1.29, 1.82) is 0 Å². The van der Waals surface area contributed by atoms with Crippen LogP contribution in [0.3, 0.4) is 0 Å². The van der Waals surface area contributed by atoms with E-state index in [-0.39, 0.29) is 22.3 Å². The second kappa shape index (κ2) is 5.68. The number of nitrogens with two attached hydrogens (primary N) is 1. The molecule has 20 heavy (non-hydrogen) atoms. The largest absolute Gasteiger partial charge is 0.483 e. The van der Waals surface area contributed by atoms with Crippen molar-refractivity contribution in [3.8, 4) is 5.75 Å². The Hall–Kier alpha value is -1.16. The van der Waals surface area contributed by atoms with Gasteiger partial charge in [0.15, 0.2) is 11.6 Å². The van der Waals surface area contributed by atoms with E-state index < -0.39 is 10.0 Å². The van der Waals surface area contributed by atoms with E-state index in [4.69, 9.17) is 21.5 Å². The first-order valence-electron chi connectivity index (χ1n) is 5.26. The van der Waals surface area contributed by atoms with Crippen LogP contribution in [0.5, 0.6) is 5.75 Å². The Kier molecular flexibility index (Phi) is 4.33. The van der Waals surface area contributed by atoms with Gasteiger partial charge in [-0.25, -0.2) is 13.6 Å². The lowest BCUT2D eigenvalue weighted by atomic mass is 10.3. The highest BCUT2D eigenvalue weighted by Gasteiger charge is 2.20.